The van der Waals surface area contributed by atoms with Crippen molar-refractivity contribution >= 4 is 17.9 Å². The van der Waals surface area contributed by atoms with Crippen molar-refractivity contribution in [1.82, 2.24) is 0 Å². The molecule has 0 aliphatic heterocycles. The van der Waals surface area contributed by atoms with E-state index in [1.165, 1.54) is 231 Å². The molecule has 93 heavy (non-hydrogen) atoms. The number of likely N-dealkylation sites (N-methyl/N-ethyl adjacent to an activating group) is 1. The Morgan fingerprint density at radius 2 is 0.613 bits per heavy atom. The molecule has 9 nitrogen and oxygen atoms in total. The van der Waals surface area contributed by atoms with Crippen molar-refractivity contribution in [1.29, 1.82) is 0 Å². The van der Waals surface area contributed by atoms with Crippen molar-refractivity contribution in [2.45, 2.75) is 360 Å². The monoisotopic (exact) mass is 1300 g/mol. The molecule has 0 aliphatic carbocycles. The predicted molar refractivity (Wildman–Crippen MR) is 401 cm³/mol. The van der Waals surface area contributed by atoms with Crippen LogP contribution in [0.25, 0.3) is 0 Å². The molecule has 0 fully saturated rings. The number of aliphatic carboxylic acids is 1. The number of quaternary nitrogens is 1. The van der Waals surface area contributed by atoms with Gasteiger partial charge in [0.1, 0.15) is 13.2 Å². The minimum atomic E-state index is -1.51. The number of carboxylic acids is 1. The summed E-state index contributed by atoms with van der Waals surface area (Å²) in [5, 5.41) is 9.77. The molecule has 2 atom stereocenters. The summed E-state index contributed by atoms with van der Waals surface area (Å²) in [6.45, 7) is 4.80. The van der Waals surface area contributed by atoms with E-state index in [2.05, 4.69) is 123 Å². The highest BCUT2D eigenvalue weighted by molar-refractivity contribution is 5.71. The second-order valence-corrected chi connectivity index (χ2v) is 27.3. The maximum Gasteiger partial charge on any atom is 0.361 e. The SMILES string of the molecule is CC/C=C\C/C=C\C/C=C\C/C=C\C/C=C\C/C=C\C/C=C\C/C=C\CCCCCCCCCCCCCCCCCCC(=O)OC(COC(=O)CCCCCCCCCCCCCCCCC/C=C\CCCCCCCCCC)COC(OCC[N+](C)(C)C)C(=O)O. The fourth-order valence-corrected chi connectivity index (χ4v) is 11.1. The van der Waals surface area contributed by atoms with Crippen LogP contribution < -0.4 is 0 Å². The lowest BCUT2D eigenvalue weighted by molar-refractivity contribution is -0.870. The van der Waals surface area contributed by atoms with Gasteiger partial charge < -0.3 is 28.5 Å². The van der Waals surface area contributed by atoms with Crippen molar-refractivity contribution in [3.05, 3.63) is 109 Å². The van der Waals surface area contributed by atoms with Crippen LogP contribution in [0.1, 0.15) is 348 Å². The van der Waals surface area contributed by atoms with Crippen LogP contribution in [0.4, 0.5) is 0 Å². The molecule has 0 aromatic heterocycles. The molecule has 0 amide bonds. The molecule has 0 heterocycles. The number of allylic oxidation sites excluding steroid dienone is 18. The number of hydrogen-bond acceptors (Lipinski definition) is 7. The summed E-state index contributed by atoms with van der Waals surface area (Å²) in [6, 6.07) is 0. The first-order chi connectivity index (χ1) is 45.6. The van der Waals surface area contributed by atoms with Crippen LogP contribution in [-0.4, -0.2) is 87.4 Å². The molecule has 9 heteroatoms. The number of ether oxygens (including phenoxy) is 4. The summed E-state index contributed by atoms with van der Waals surface area (Å²) in [5.41, 5.74) is 0. The van der Waals surface area contributed by atoms with Crippen LogP contribution in [0, 0.1) is 0 Å². The fraction of sp³-hybridized carbons (Fsp3) is 0.750. The lowest BCUT2D eigenvalue weighted by Crippen LogP contribution is -2.40. The Morgan fingerprint density at radius 1 is 0.333 bits per heavy atom. The van der Waals surface area contributed by atoms with E-state index in [0.717, 1.165) is 89.9 Å². The van der Waals surface area contributed by atoms with Gasteiger partial charge in [-0.1, -0.05) is 342 Å². The standard InChI is InChI=1S/C84H147NO8/c1-6-8-10-12-14-16-18-20-22-24-26-28-30-32-34-35-36-37-38-39-40-41-42-43-44-45-46-47-49-51-53-55-57-59-61-63-65-67-69-71-73-75-82(87)93-80(79-92-84(83(88)89)90-77-76-85(3,4)5)78-91-81(86)74-72-70-68-66-64-62-60-58-56-54-52-50-48-33-31-29-27-25-23-21-19-17-15-13-11-9-7-2/h8,10,14,16,20,22,25-28,32,34,36-37,39-40,42-43,80,84H,6-7,9,11-13,15,17-19,21,23-24,29-31,33,35,38,41,44-79H2,1-5H3/p+1/b10-8-,16-14-,22-20-,27-25-,28-26-,34-32-,37-36-,40-39-,43-42-. The van der Waals surface area contributed by atoms with Gasteiger partial charge >= 0.3 is 17.9 Å². The van der Waals surface area contributed by atoms with E-state index in [1.807, 2.05) is 21.1 Å². The quantitative estimate of drug-likeness (QED) is 0.0211. The Kier molecular flexibility index (Phi) is 70.5. The molecule has 1 N–H and O–H groups in total. The highest BCUT2D eigenvalue weighted by Crippen LogP contribution is 2.18. The van der Waals surface area contributed by atoms with E-state index in [9.17, 15) is 19.5 Å². The third-order valence-electron chi connectivity index (χ3n) is 17.0. The molecule has 0 aromatic carbocycles. The van der Waals surface area contributed by atoms with Crippen molar-refractivity contribution in [3.63, 3.8) is 0 Å². The van der Waals surface area contributed by atoms with Gasteiger partial charge in [0, 0.05) is 12.8 Å². The first kappa shape index (κ1) is 89.0. The molecule has 0 aliphatic rings. The van der Waals surface area contributed by atoms with Gasteiger partial charge in [-0.2, -0.15) is 0 Å². The van der Waals surface area contributed by atoms with Crippen molar-refractivity contribution in [2.75, 3.05) is 47.5 Å². The van der Waals surface area contributed by atoms with Gasteiger partial charge in [-0.3, -0.25) is 9.59 Å². The number of rotatable bonds is 72. The smallest absolute Gasteiger partial charge is 0.361 e. The third-order valence-corrected chi connectivity index (χ3v) is 17.0. The second-order valence-electron chi connectivity index (χ2n) is 27.3. The molecule has 0 aromatic rings. The molecule has 2 unspecified atom stereocenters. The molecule has 0 radical (unpaired) electrons. The predicted octanol–water partition coefficient (Wildman–Crippen LogP) is 24.9. The van der Waals surface area contributed by atoms with Crippen molar-refractivity contribution in [3.8, 4) is 0 Å². The molecule has 0 spiro atoms. The van der Waals surface area contributed by atoms with Crippen molar-refractivity contribution in [2.24, 2.45) is 0 Å². The summed E-state index contributed by atoms with van der Waals surface area (Å²) in [5.74, 6) is -1.99. The number of unbranched alkanes of at least 4 members (excludes halogenated alkanes) is 39. The van der Waals surface area contributed by atoms with Crippen LogP contribution in [0.5, 0.6) is 0 Å². The van der Waals surface area contributed by atoms with Crippen LogP contribution in [0.3, 0.4) is 0 Å². The highest BCUT2D eigenvalue weighted by atomic mass is 16.7. The number of esters is 2. The zero-order valence-corrected chi connectivity index (χ0v) is 61.4. The number of nitrogens with zero attached hydrogens (tertiary/aromatic N) is 1. The number of carbonyl (C=O) groups excluding carboxylic acids is 2. The Hall–Kier alpha value is -4.05. The number of carbonyl (C=O) groups is 3. The minimum absolute atomic E-state index is 0.182. The normalized spacial score (nSPS) is 13.3. The Balaban J connectivity index is 4.04. The lowest BCUT2D eigenvalue weighted by Gasteiger charge is -2.25. The average molecular weight is 1300 g/mol. The van der Waals surface area contributed by atoms with Crippen molar-refractivity contribution < 1.29 is 42.9 Å². The molecular formula is C84H148NO8+. The summed E-state index contributed by atoms with van der Waals surface area (Å²) in [7, 11) is 5.99. The maximum atomic E-state index is 13.0. The van der Waals surface area contributed by atoms with E-state index in [0.29, 0.717) is 17.4 Å². The van der Waals surface area contributed by atoms with Crippen LogP contribution >= 0.6 is 0 Å². The van der Waals surface area contributed by atoms with Gasteiger partial charge in [0.15, 0.2) is 6.10 Å². The topological polar surface area (TPSA) is 108 Å². The number of carboxylic acid groups (broad SMARTS) is 1. The maximum absolute atomic E-state index is 13.0. The Morgan fingerprint density at radius 3 is 0.925 bits per heavy atom. The van der Waals surface area contributed by atoms with E-state index >= 15 is 0 Å². The summed E-state index contributed by atoms with van der Waals surface area (Å²) in [4.78, 5) is 37.7. The molecule has 0 rings (SSSR count). The number of hydrogen-bond donors (Lipinski definition) is 1. The van der Waals surface area contributed by atoms with E-state index in [-0.39, 0.29) is 32.2 Å². The molecular weight excluding hydrogens is 1150 g/mol. The van der Waals surface area contributed by atoms with Gasteiger partial charge in [0.2, 0.25) is 0 Å². The second kappa shape index (κ2) is 73.8. The van der Waals surface area contributed by atoms with E-state index < -0.39 is 24.3 Å². The zero-order chi connectivity index (χ0) is 67.5. The highest BCUT2D eigenvalue weighted by Gasteiger charge is 2.25. The Labute approximate surface area is 575 Å². The molecule has 0 bridgehead atoms. The lowest BCUT2D eigenvalue weighted by atomic mass is 10.0. The minimum Gasteiger partial charge on any atom is -0.477 e. The molecule has 536 valence electrons. The Bertz CT molecular complexity index is 1900. The van der Waals surface area contributed by atoms with Gasteiger partial charge in [0.05, 0.1) is 34.4 Å². The van der Waals surface area contributed by atoms with Crippen LogP contribution in [0.2, 0.25) is 0 Å². The average Bonchev–Trinajstić information content (AvgIpc) is 3.38. The van der Waals surface area contributed by atoms with Gasteiger partial charge in [-0.15, -0.1) is 0 Å². The summed E-state index contributed by atoms with van der Waals surface area (Å²) < 4.78 is 23.0. The van der Waals surface area contributed by atoms with Crippen LogP contribution in [0.15, 0.2) is 109 Å². The molecule has 0 saturated carbocycles. The summed E-state index contributed by atoms with van der Waals surface area (Å²) >= 11 is 0. The van der Waals surface area contributed by atoms with E-state index in [4.69, 9.17) is 18.9 Å². The first-order valence-corrected chi connectivity index (χ1v) is 39.1. The van der Waals surface area contributed by atoms with Gasteiger partial charge in [-0.25, -0.2) is 4.79 Å². The van der Waals surface area contributed by atoms with E-state index in [1.54, 1.807) is 0 Å². The fourth-order valence-electron chi connectivity index (χ4n) is 11.1. The summed E-state index contributed by atoms with van der Waals surface area (Å²) in [6.07, 6.45) is 101. The first-order valence-electron chi connectivity index (χ1n) is 39.1. The largest absolute Gasteiger partial charge is 0.477 e. The molecule has 0 saturated heterocycles. The van der Waals surface area contributed by atoms with Gasteiger partial charge in [0.25, 0.3) is 6.29 Å². The zero-order valence-electron chi connectivity index (χ0n) is 61.4. The van der Waals surface area contributed by atoms with Crippen LogP contribution in [-0.2, 0) is 33.3 Å². The third kappa shape index (κ3) is 75.2. The van der Waals surface area contributed by atoms with Gasteiger partial charge in [-0.05, 0) is 103 Å².